The highest BCUT2D eigenvalue weighted by Crippen LogP contribution is 2.27. The minimum atomic E-state index is -0.120. The first kappa shape index (κ1) is 9.99. The third-order valence-corrected chi connectivity index (χ3v) is 2.76. The Hall–Kier alpha value is -1.54. The fourth-order valence-corrected chi connectivity index (χ4v) is 1.96. The van der Waals surface area contributed by atoms with Crippen LogP contribution in [0.1, 0.15) is 12.0 Å². The molecule has 0 saturated carbocycles. The minimum absolute atomic E-state index is 0.120. The number of nitrogens with one attached hydrogen (secondary N) is 1. The standard InChI is InChI=1S/C13H16N2/c14-10-9-13(8-4-5-11-15-13)12-6-2-1-3-7-12/h1-8,11,15H,9-10,14H2. The third-order valence-electron chi connectivity index (χ3n) is 2.76. The second-order valence-corrected chi connectivity index (χ2v) is 3.74. The van der Waals surface area contributed by atoms with Crippen LogP contribution < -0.4 is 11.1 Å². The van der Waals surface area contributed by atoms with Crippen molar-refractivity contribution >= 4 is 0 Å². The number of hydrogen-bond donors (Lipinski definition) is 2. The van der Waals surface area contributed by atoms with Crippen molar-refractivity contribution in [2.75, 3.05) is 6.54 Å². The molecule has 0 fully saturated rings. The molecule has 0 spiro atoms. The first-order chi connectivity index (χ1) is 7.37. The summed E-state index contributed by atoms with van der Waals surface area (Å²) in [4.78, 5) is 0. The lowest BCUT2D eigenvalue weighted by atomic mass is 9.85. The molecule has 1 aliphatic heterocycles. The molecule has 78 valence electrons. The van der Waals surface area contributed by atoms with Gasteiger partial charge in [-0.05, 0) is 30.8 Å². The van der Waals surface area contributed by atoms with Crippen molar-refractivity contribution in [3.8, 4) is 0 Å². The second kappa shape index (κ2) is 4.32. The summed E-state index contributed by atoms with van der Waals surface area (Å²) in [5.41, 5.74) is 6.82. The van der Waals surface area contributed by atoms with E-state index in [4.69, 9.17) is 5.73 Å². The van der Waals surface area contributed by atoms with E-state index in [0.29, 0.717) is 6.54 Å². The summed E-state index contributed by atoms with van der Waals surface area (Å²) in [6, 6.07) is 10.4. The molecule has 0 amide bonds. The zero-order valence-electron chi connectivity index (χ0n) is 8.69. The van der Waals surface area contributed by atoms with Crippen LogP contribution in [0.5, 0.6) is 0 Å². The normalized spacial score (nSPS) is 23.8. The quantitative estimate of drug-likeness (QED) is 0.782. The van der Waals surface area contributed by atoms with Crippen LogP contribution in [0.2, 0.25) is 0 Å². The van der Waals surface area contributed by atoms with Gasteiger partial charge in [0, 0.05) is 0 Å². The minimum Gasteiger partial charge on any atom is -0.378 e. The van der Waals surface area contributed by atoms with Gasteiger partial charge in [0.2, 0.25) is 0 Å². The van der Waals surface area contributed by atoms with Crippen molar-refractivity contribution in [1.29, 1.82) is 0 Å². The van der Waals surface area contributed by atoms with E-state index in [-0.39, 0.29) is 5.54 Å². The highest BCUT2D eigenvalue weighted by atomic mass is 15.0. The molecule has 1 heterocycles. The first-order valence-corrected chi connectivity index (χ1v) is 5.25. The molecule has 2 heteroatoms. The van der Waals surface area contributed by atoms with Crippen LogP contribution in [-0.2, 0) is 5.54 Å². The molecule has 2 nitrogen and oxygen atoms in total. The van der Waals surface area contributed by atoms with Gasteiger partial charge in [0.15, 0.2) is 0 Å². The topological polar surface area (TPSA) is 38.0 Å². The Bertz CT molecular complexity index is 367. The summed E-state index contributed by atoms with van der Waals surface area (Å²) in [6.45, 7) is 0.667. The van der Waals surface area contributed by atoms with E-state index < -0.39 is 0 Å². The first-order valence-electron chi connectivity index (χ1n) is 5.25. The zero-order chi connectivity index (χ0) is 10.6. The molecule has 0 radical (unpaired) electrons. The Morgan fingerprint density at radius 3 is 2.53 bits per heavy atom. The maximum Gasteiger partial charge on any atom is 0.0819 e. The lowest BCUT2D eigenvalue weighted by Gasteiger charge is -2.33. The molecule has 1 aliphatic rings. The maximum atomic E-state index is 5.68. The van der Waals surface area contributed by atoms with Crippen LogP contribution in [0.4, 0.5) is 0 Å². The number of allylic oxidation sites excluding steroid dienone is 2. The molecule has 0 aromatic heterocycles. The highest BCUT2D eigenvalue weighted by molar-refractivity contribution is 5.34. The molecule has 15 heavy (non-hydrogen) atoms. The van der Waals surface area contributed by atoms with Crippen molar-refractivity contribution in [3.05, 3.63) is 60.3 Å². The van der Waals surface area contributed by atoms with Crippen LogP contribution >= 0.6 is 0 Å². The Labute approximate surface area is 90.5 Å². The molecule has 1 atom stereocenters. The third kappa shape index (κ3) is 1.95. The smallest absolute Gasteiger partial charge is 0.0819 e. The molecular formula is C13H16N2. The van der Waals surface area contributed by atoms with E-state index in [9.17, 15) is 0 Å². The van der Waals surface area contributed by atoms with E-state index in [1.54, 1.807) is 0 Å². The Morgan fingerprint density at radius 2 is 1.93 bits per heavy atom. The van der Waals surface area contributed by atoms with E-state index in [0.717, 1.165) is 6.42 Å². The van der Waals surface area contributed by atoms with E-state index >= 15 is 0 Å². The number of benzene rings is 1. The number of rotatable bonds is 3. The van der Waals surface area contributed by atoms with Crippen molar-refractivity contribution in [1.82, 2.24) is 5.32 Å². The van der Waals surface area contributed by atoms with Crippen LogP contribution in [0.3, 0.4) is 0 Å². The van der Waals surface area contributed by atoms with Gasteiger partial charge in [-0.25, -0.2) is 0 Å². The molecule has 1 unspecified atom stereocenters. The number of nitrogens with two attached hydrogens (primary N) is 1. The second-order valence-electron chi connectivity index (χ2n) is 3.74. The van der Waals surface area contributed by atoms with Gasteiger partial charge in [0.1, 0.15) is 0 Å². The van der Waals surface area contributed by atoms with Crippen LogP contribution in [0.15, 0.2) is 54.8 Å². The summed E-state index contributed by atoms with van der Waals surface area (Å²) < 4.78 is 0. The lowest BCUT2D eigenvalue weighted by Crippen LogP contribution is -2.40. The molecule has 1 aromatic carbocycles. The van der Waals surface area contributed by atoms with Crippen LogP contribution in [0.25, 0.3) is 0 Å². The Kier molecular flexibility index (Phi) is 2.88. The van der Waals surface area contributed by atoms with Crippen molar-refractivity contribution < 1.29 is 0 Å². The van der Waals surface area contributed by atoms with Gasteiger partial charge in [-0.2, -0.15) is 0 Å². The number of dihydropyridines is 1. The molecule has 0 bridgehead atoms. The molecule has 2 rings (SSSR count). The fraction of sp³-hybridized carbons (Fsp3) is 0.231. The van der Waals surface area contributed by atoms with Crippen molar-refractivity contribution in [2.24, 2.45) is 5.73 Å². The van der Waals surface area contributed by atoms with Crippen molar-refractivity contribution in [3.63, 3.8) is 0 Å². The van der Waals surface area contributed by atoms with Gasteiger partial charge in [-0.3, -0.25) is 0 Å². The fourth-order valence-electron chi connectivity index (χ4n) is 1.96. The predicted octanol–water partition coefficient (Wildman–Crippen LogP) is 1.90. The summed E-state index contributed by atoms with van der Waals surface area (Å²) in [5.74, 6) is 0. The average molecular weight is 200 g/mol. The van der Waals surface area contributed by atoms with E-state index in [2.05, 4.69) is 41.7 Å². The average Bonchev–Trinajstić information content (AvgIpc) is 2.32. The predicted molar refractivity (Wildman–Crippen MR) is 63.2 cm³/mol. The lowest BCUT2D eigenvalue weighted by molar-refractivity contribution is 0.441. The van der Waals surface area contributed by atoms with Gasteiger partial charge in [0.25, 0.3) is 0 Å². The Balaban J connectivity index is 2.35. The SMILES string of the molecule is NCCC1(c2ccccc2)C=CC=CN1. The molecule has 1 aromatic rings. The summed E-state index contributed by atoms with van der Waals surface area (Å²) in [5, 5.41) is 3.40. The largest absolute Gasteiger partial charge is 0.378 e. The van der Waals surface area contributed by atoms with Gasteiger partial charge >= 0.3 is 0 Å². The number of hydrogen-bond acceptors (Lipinski definition) is 2. The van der Waals surface area contributed by atoms with Gasteiger partial charge in [0.05, 0.1) is 5.54 Å². The van der Waals surface area contributed by atoms with Crippen LogP contribution in [0, 0.1) is 0 Å². The molecular weight excluding hydrogens is 184 g/mol. The van der Waals surface area contributed by atoms with Crippen LogP contribution in [-0.4, -0.2) is 6.54 Å². The van der Waals surface area contributed by atoms with Gasteiger partial charge in [-0.1, -0.05) is 42.5 Å². The Morgan fingerprint density at radius 1 is 1.13 bits per heavy atom. The molecule has 3 N–H and O–H groups in total. The maximum absolute atomic E-state index is 5.68. The summed E-state index contributed by atoms with van der Waals surface area (Å²) in [6.07, 6.45) is 9.12. The monoisotopic (exact) mass is 200 g/mol. The van der Waals surface area contributed by atoms with Gasteiger partial charge < -0.3 is 11.1 Å². The van der Waals surface area contributed by atoms with Crippen molar-refractivity contribution in [2.45, 2.75) is 12.0 Å². The van der Waals surface area contributed by atoms with Gasteiger partial charge in [-0.15, -0.1) is 0 Å². The molecule has 0 aliphatic carbocycles. The summed E-state index contributed by atoms with van der Waals surface area (Å²) in [7, 11) is 0. The highest BCUT2D eigenvalue weighted by Gasteiger charge is 2.27. The van der Waals surface area contributed by atoms with E-state index in [1.807, 2.05) is 18.3 Å². The van der Waals surface area contributed by atoms with E-state index in [1.165, 1.54) is 5.56 Å². The zero-order valence-corrected chi connectivity index (χ0v) is 8.69. The summed E-state index contributed by atoms with van der Waals surface area (Å²) >= 11 is 0. The molecule has 0 saturated heterocycles.